The molecule has 10 heteroatoms. The average Bonchev–Trinajstić information content (AvgIpc) is 3.26. The fourth-order valence-electron chi connectivity index (χ4n) is 4.15. The van der Waals surface area contributed by atoms with Crippen LogP contribution in [0.1, 0.15) is 35.4 Å². The van der Waals surface area contributed by atoms with Gasteiger partial charge in [-0.25, -0.2) is 17.9 Å². The minimum Gasteiger partial charge on any atom is -0.489 e. The zero-order valence-corrected chi connectivity index (χ0v) is 16.8. The molecule has 0 amide bonds. The number of carboxylic acid groups (broad SMARTS) is 1. The Labute approximate surface area is 176 Å². The summed E-state index contributed by atoms with van der Waals surface area (Å²) in [5.41, 5.74) is 0.432. The summed E-state index contributed by atoms with van der Waals surface area (Å²) in [5.74, 6) is -0.858. The first kappa shape index (κ1) is 21.4. The molecule has 3 atom stereocenters. The second-order valence-electron chi connectivity index (χ2n) is 7.45. The number of benzene rings is 2. The fraction of sp³-hybridized carbons (Fsp3) is 0.286. The van der Waals surface area contributed by atoms with Crippen molar-refractivity contribution in [3.63, 3.8) is 0 Å². The second kappa shape index (κ2) is 7.69. The molecule has 1 saturated carbocycles. The molecule has 0 aromatic heterocycles. The Hall–Kier alpha value is -2.85. The summed E-state index contributed by atoms with van der Waals surface area (Å²) in [7, 11) is -4.04. The van der Waals surface area contributed by atoms with Crippen molar-refractivity contribution in [3.8, 4) is 5.75 Å². The number of aliphatic carboxylic acids is 1. The fourth-order valence-corrected chi connectivity index (χ4v) is 5.44. The van der Waals surface area contributed by atoms with Gasteiger partial charge in [-0.05, 0) is 43.2 Å². The topological polar surface area (TPSA) is 92.7 Å². The van der Waals surface area contributed by atoms with Gasteiger partial charge in [0.05, 0.1) is 10.5 Å². The summed E-state index contributed by atoms with van der Waals surface area (Å²) in [6, 6.07) is 8.10. The van der Waals surface area contributed by atoms with Crippen LogP contribution in [0.25, 0.3) is 6.08 Å². The highest BCUT2D eigenvalue weighted by Gasteiger charge is 2.46. The van der Waals surface area contributed by atoms with Crippen molar-refractivity contribution >= 4 is 22.1 Å². The SMILES string of the molecule is O=C(O)C=Cc1cccc2c1OC1CCC(NS(=O)(=O)c3ccc(C(F)(F)F)cc3)C21. The summed E-state index contributed by atoms with van der Waals surface area (Å²) in [6.45, 7) is 0. The highest BCUT2D eigenvalue weighted by atomic mass is 32.2. The first-order valence-corrected chi connectivity index (χ1v) is 10.9. The van der Waals surface area contributed by atoms with Crippen molar-refractivity contribution in [2.75, 3.05) is 0 Å². The number of alkyl halides is 3. The van der Waals surface area contributed by atoms with Crippen LogP contribution in [0.4, 0.5) is 13.2 Å². The number of para-hydroxylation sites is 1. The maximum Gasteiger partial charge on any atom is 0.416 e. The molecule has 2 N–H and O–H groups in total. The molecule has 31 heavy (non-hydrogen) atoms. The van der Waals surface area contributed by atoms with Gasteiger partial charge < -0.3 is 9.84 Å². The number of sulfonamides is 1. The number of nitrogens with one attached hydrogen (secondary N) is 1. The summed E-state index contributed by atoms with van der Waals surface area (Å²) < 4.78 is 72.4. The molecule has 3 unspecified atom stereocenters. The highest BCUT2D eigenvalue weighted by Crippen LogP contribution is 2.49. The molecule has 2 aromatic carbocycles. The van der Waals surface area contributed by atoms with Crippen LogP contribution in [-0.4, -0.2) is 31.6 Å². The maximum absolute atomic E-state index is 12.8. The zero-order chi connectivity index (χ0) is 22.4. The smallest absolute Gasteiger partial charge is 0.416 e. The number of hydrogen-bond donors (Lipinski definition) is 2. The van der Waals surface area contributed by atoms with Crippen molar-refractivity contribution in [2.45, 2.75) is 42.0 Å². The molecule has 0 spiro atoms. The van der Waals surface area contributed by atoms with Gasteiger partial charge in [-0.1, -0.05) is 18.2 Å². The van der Waals surface area contributed by atoms with Gasteiger partial charge in [0, 0.05) is 29.2 Å². The van der Waals surface area contributed by atoms with Gasteiger partial charge in [-0.15, -0.1) is 0 Å². The Morgan fingerprint density at radius 3 is 2.48 bits per heavy atom. The number of carbonyl (C=O) groups is 1. The molecule has 1 aliphatic carbocycles. The van der Waals surface area contributed by atoms with Crippen LogP contribution >= 0.6 is 0 Å². The van der Waals surface area contributed by atoms with E-state index >= 15 is 0 Å². The van der Waals surface area contributed by atoms with Crippen LogP contribution in [-0.2, 0) is 21.0 Å². The molecule has 1 aliphatic heterocycles. The third-order valence-electron chi connectivity index (χ3n) is 5.50. The third-order valence-corrected chi connectivity index (χ3v) is 7.01. The van der Waals surface area contributed by atoms with Crippen molar-refractivity contribution in [3.05, 3.63) is 65.2 Å². The number of hydrogen-bond acceptors (Lipinski definition) is 4. The van der Waals surface area contributed by atoms with Crippen LogP contribution in [0.2, 0.25) is 0 Å². The molecule has 1 heterocycles. The van der Waals surface area contributed by atoms with E-state index in [9.17, 15) is 26.4 Å². The predicted molar refractivity (Wildman–Crippen MR) is 105 cm³/mol. The van der Waals surface area contributed by atoms with Crippen LogP contribution < -0.4 is 9.46 Å². The first-order chi connectivity index (χ1) is 14.6. The Bertz CT molecular complexity index is 1140. The van der Waals surface area contributed by atoms with Gasteiger partial charge in [0.15, 0.2) is 0 Å². The second-order valence-corrected chi connectivity index (χ2v) is 9.16. The van der Waals surface area contributed by atoms with Crippen molar-refractivity contribution in [2.24, 2.45) is 0 Å². The predicted octanol–water partition coefficient (Wildman–Crippen LogP) is 3.79. The largest absolute Gasteiger partial charge is 0.489 e. The number of fused-ring (bicyclic) bond motifs is 3. The summed E-state index contributed by atoms with van der Waals surface area (Å²) in [6.07, 6.45) is -1.31. The van der Waals surface area contributed by atoms with E-state index in [2.05, 4.69) is 4.72 Å². The zero-order valence-electron chi connectivity index (χ0n) is 16.0. The summed E-state index contributed by atoms with van der Waals surface area (Å²) >= 11 is 0. The Kier molecular flexibility index (Phi) is 5.30. The quantitative estimate of drug-likeness (QED) is 0.672. The van der Waals surface area contributed by atoms with Gasteiger partial charge in [0.2, 0.25) is 10.0 Å². The molecule has 4 rings (SSSR count). The van der Waals surface area contributed by atoms with E-state index < -0.39 is 33.8 Å². The lowest BCUT2D eigenvalue weighted by Crippen LogP contribution is -2.37. The minimum atomic E-state index is -4.55. The van der Waals surface area contributed by atoms with Crippen LogP contribution in [0.5, 0.6) is 5.75 Å². The number of carboxylic acids is 1. The lowest BCUT2D eigenvalue weighted by molar-refractivity contribution is -0.137. The van der Waals surface area contributed by atoms with Gasteiger partial charge in [0.25, 0.3) is 0 Å². The summed E-state index contributed by atoms with van der Waals surface area (Å²) in [4.78, 5) is 10.6. The van der Waals surface area contributed by atoms with E-state index in [0.717, 1.165) is 35.9 Å². The Morgan fingerprint density at radius 2 is 1.84 bits per heavy atom. The average molecular weight is 453 g/mol. The first-order valence-electron chi connectivity index (χ1n) is 9.46. The maximum atomic E-state index is 12.8. The molecule has 2 aromatic rings. The van der Waals surface area contributed by atoms with E-state index in [1.165, 1.54) is 6.08 Å². The third kappa shape index (κ3) is 4.17. The van der Waals surface area contributed by atoms with Gasteiger partial charge >= 0.3 is 12.1 Å². The van der Waals surface area contributed by atoms with Gasteiger partial charge in [0.1, 0.15) is 11.9 Å². The van der Waals surface area contributed by atoms with E-state index in [-0.39, 0.29) is 16.9 Å². The standard InChI is InChI=1S/C21H18F3NO5S/c22-21(23,24)13-5-7-14(8-6-13)31(28,29)25-16-9-10-17-19(16)15-3-1-2-12(20(15)30-17)4-11-18(26)27/h1-8,11,16-17,19,25H,9-10H2,(H,26,27). The summed E-state index contributed by atoms with van der Waals surface area (Å²) in [5, 5.41) is 8.86. The lowest BCUT2D eigenvalue weighted by Gasteiger charge is -2.20. The van der Waals surface area contributed by atoms with Crippen LogP contribution in [0.15, 0.2) is 53.4 Å². The van der Waals surface area contributed by atoms with Crippen molar-refractivity contribution < 1.29 is 36.2 Å². The van der Waals surface area contributed by atoms with Crippen LogP contribution in [0, 0.1) is 0 Å². The van der Waals surface area contributed by atoms with Gasteiger partial charge in [-0.3, -0.25) is 0 Å². The normalized spacial score (nSPS) is 22.9. The Morgan fingerprint density at radius 1 is 1.13 bits per heavy atom. The highest BCUT2D eigenvalue weighted by molar-refractivity contribution is 7.89. The molecule has 0 bridgehead atoms. The number of ether oxygens (including phenoxy) is 1. The number of halogens is 3. The van der Waals surface area contributed by atoms with Gasteiger partial charge in [-0.2, -0.15) is 13.2 Å². The molecule has 6 nitrogen and oxygen atoms in total. The molecular weight excluding hydrogens is 435 g/mol. The molecule has 1 fully saturated rings. The Balaban J connectivity index is 1.58. The van der Waals surface area contributed by atoms with Crippen LogP contribution in [0.3, 0.4) is 0 Å². The van der Waals surface area contributed by atoms with E-state index in [4.69, 9.17) is 9.84 Å². The van der Waals surface area contributed by atoms with Crippen molar-refractivity contribution in [1.82, 2.24) is 4.72 Å². The van der Waals surface area contributed by atoms with E-state index in [1.54, 1.807) is 12.1 Å². The molecule has 2 aliphatic rings. The molecule has 0 saturated heterocycles. The molecule has 164 valence electrons. The lowest BCUT2D eigenvalue weighted by atomic mass is 9.93. The molecular formula is C21H18F3NO5S. The van der Waals surface area contributed by atoms with E-state index in [1.807, 2.05) is 6.07 Å². The number of rotatable bonds is 5. The minimum absolute atomic E-state index is 0.249. The van der Waals surface area contributed by atoms with Crippen molar-refractivity contribution in [1.29, 1.82) is 0 Å². The molecule has 0 radical (unpaired) electrons. The van der Waals surface area contributed by atoms with E-state index in [0.29, 0.717) is 24.2 Å². The monoisotopic (exact) mass is 453 g/mol.